The average molecular weight is 474 g/mol. The van der Waals surface area contributed by atoms with E-state index in [0.29, 0.717) is 9.58 Å². The van der Waals surface area contributed by atoms with Gasteiger partial charge in [-0.05, 0) is 43.7 Å². The molecule has 2 aromatic heterocycles. The highest BCUT2D eigenvalue weighted by atomic mass is 32.1. The highest BCUT2D eigenvalue weighted by Gasteiger charge is 2.22. The number of benzene rings is 1. The van der Waals surface area contributed by atoms with E-state index >= 15 is 0 Å². The van der Waals surface area contributed by atoms with Gasteiger partial charge >= 0.3 is 11.9 Å². The van der Waals surface area contributed by atoms with Crippen molar-refractivity contribution in [3.8, 4) is 10.4 Å². The minimum Gasteiger partial charge on any atom is -0.739 e. The predicted molar refractivity (Wildman–Crippen MR) is 123 cm³/mol. The summed E-state index contributed by atoms with van der Waals surface area (Å²) in [7, 11) is 0. The minimum absolute atomic E-state index is 0.0564. The van der Waals surface area contributed by atoms with Gasteiger partial charge in [-0.3, -0.25) is 15.0 Å². The van der Waals surface area contributed by atoms with Crippen molar-refractivity contribution in [2.45, 2.75) is 32.9 Å². The van der Waals surface area contributed by atoms with Crippen LogP contribution in [0, 0.1) is 10.4 Å². The number of nitrogens with zero attached hydrogens (tertiary/aromatic N) is 4. The summed E-state index contributed by atoms with van der Waals surface area (Å²) in [5, 5.41) is 31.8. The number of fused-ring (bicyclic) bond motifs is 1. The third-order valence-electron chi connectivity index (χ3n) is 5.19. The number of hydrogen-bond donors (Lipinski definition) is 1. The monoisotopic (exact) mass is 473 g/mol. The van der Waals surface area contributed by atoms with Crippen LogP contribution in [0.2, 0.25) is 0 Å². The summed E-state index contributed by atoms with van der Waals surface area (Å²) in [6.07, 6.45) is -0.154. The van der Waals surface area contributed by atoms with Gasteiger partial charge in [0.05, 0.1) is 32.3 Å². The van der Waals surface area contributed by atoms with Crippen LogP contribution in [0.1, 0.15) is 25.1 Å². The smallest absolute Gasteiger partial charge is 0.460 e. The summed E-state index contributed by atoms with van der Waals surface area (Å²) in [6.45, 7) is 7.88. The van der Waals surface area contributed by atoms with Gasteiger partial charge in [-0.15, -0.1) is 11.3 Å². The molecule has 33 heavy (non-hydrogen) atoms. The molecule has 11 heteroatoms. The first-order chi connectivity index (χ1) is 15.9. The van der Waals surface area contributed by atoms with Crippen molar-refractivity contribution in [1.82, 2.24) is 10.00 Å². The quantitative estimate of drug-likeness (QED) is 0.299. The molecule has 3 aromatic rings. The van der Waals surface area contributed by atoms with E-state index in [1.807, 2.05) is 12.1 Å². The van der Waals surface area contributed by atoms with Gasteiger partial charge < -0.3 is 19.9 Å². The zero-order valence-corrected chi connectivity index (χ0v) is 19.5. The van der Waals surface area contributed by atoms with Gasteiger partial charge in [0.15, 0.2) is 5.52 Å². The molecule has 0 radical (unpaired) electrons. The SMILES string of the molecule is CC(C)OC(=O)CCNc1n[n+]([O-])c2cc(-c3ccc(CN4CCOCC4)s3)ccc2[n+]1[O-]. The van der Waals surface area contributed by atoms with E-state index in [1.165, 1.54) is 4.88 Å². The number of hydrogen-bond acceptors (Lipinski definition) is 9. The molecule has 1 saturated heterocycles. The summed E-state index contributed by atoms with van der Waals surface area (Å²) in [6, 6.07) is 9.24. The Balaban J connectivity index is 1.48. The topological polar surface area (TPSA) is 118 Å². The van der Waals surface area contributed by atoms with Gasteiger partial charge in [-0.1, -0.05) is 0 Å². The first kappa shape index (κ1) is 23.1. The first-order valence-corrected chi connectivity index (χ1v) is 11.7. The van der Waals surface area contributed by atoms with E-state index in [-0.39, 0.29) is 42.0 Å². The van der Waals surface area contributed by atoms with Gasteiger partial charge in [0.1, 0.15) is 0 Å². The molecule has 1 aliphatic heterocycles. The molecular weight excluding hydrogens is 446 g/mol. The zero-order chi connectivity index (χ0) is 23.4. The number of rotatable bonds is 8. The fraction of sp³-hybridized carbons (Fsp3) is 0.455. The van der Waals surface area contributed by atoms with Crippen LogP contribution < -0.4 is 14.9 Å². The number of thiophene rings is 1. The number of nitrogens with one attached hydrogen (secondary N) is 1. The van der Waals surface area contributed by atoms with Crippen molar-refractivity contribution >= 4 is 34.3 Å². The number of aromatic nitrogens is 3. The fourth-order valence-electron chi connectivity index (χ4n) is 3.60. The van der Waals surface area contributed by atoms with E-state index in [2.05, 4.69) is 21.4 Å². The molecule has 1 N–H and O–H groups in total. The van der Waals surface area contributed by atoms with Crippen molar-refractivity contribution < 1.29 is 23.8 Å². The van der Waals surface area contributed by atoms with Gasteiger partial charge in [-0.2, -0.15) is 0 Å². The molecular formula is C22H27N5O5S. The Morgan fingerprint density at radius 3 is 2.79 bits per heavy atom. The summed E-state index contributed by atoms with van der Waals surface area (Å²) >= 11 is 1.66. The van der Waals surface area contributed by atoms with Crippen molar-refractivity contribution in [3.63, 3.8) is 0 Å². The second kappa shape index (κ2) is 10.3. The predicted octanol–water partition coefficient (Wildman–Crippen LogP) is 1.82. The molecule has 10 nitrogen and oxygen atoms in total. The van der Waals surface area contributed by atoms with Crippen molar-refractivity contribution in [2.75, 3.05) is 38.2 Å². The minimum atomic E-state index is -0.390. The molecule has 0 aliphatic carbocycles. The molecule has 176 valence electrons. The highest BCUT2D eigenvalue weighted by Crippen LogP contribution is 2.30. The van der Waals surface area contributed by atoms with Crippen LogP contribution in [0.4, 0.5) is 5.95 Å². The molecule has 0 amide bonds. The first-order valence-electron chi connectivity index (χ1n) is 10.9. The number of ether oxygens (including phenoxy) is 2. The average Bonchev–Trinajstić information content (AvgIpc) is 3.25. The molecule has 1 aliphatic rings. The molecule has 1 fully saturated rings. The van der Waals surface area contributed by atoms with E-state index < -0.39 is 0 Å². The third-order valence-corrected chi connectivity index (χ3v) is 6.31. The third kappa shape index (κ3) is 5.67. The van der Waals surface area contributed by atoms with Crippen LogP contribution in [0.15, 0.2) is 30.3 Å². The van der Waals surface area contributed by atoms with Crippen LogP contribution in [0.3, 0.4) is 0 Å². The zero-order valence-electron chi connectivity index (χ0n) is 18.7. The number of esters is 1. The molecule has 1 aromatic carbocycles. The standard InChI is InChI=1S/C22H27N5O5S/c1-15(2)32-21(28)7-8-23-22-24-27(30)19-13-16(3-5-18(19)26(22)29)20-6-4-17(33-20)14-25-9-11-31-12-10-25/h3-6,13,15H,7-12,14H2,1-2H3,(H,23,24). The Morgan fingerprint density at radius 2 is 2.03 bits per heavy atom. The maximum absolute atomic E-state index is 12.7. The molecule has 0 atom stereocenters. The Morgan fingerprint density at radius 1 is 1.24 bits per heavy atom. The Bertz CT molecular complexity index is 1130. The molecule has 0 bridgehead atoms. The lowest BCUT2D eigenvalue weighted by Crippen LogP contribution is -2.44. The molecule has 4 rings (SSSR count). The van der Waals surface area contributed by atoms with Crippen molar-refractivity contribution in [1.29, 1.82) is 0 Å². The Labute approximate surface area is 195 Å². The van der Waals surface area contributed by atoms with E-state index in [4.69, 9.17) is 9.47 Å². The summed E-state index contributed by atoms with van der Waals surface area (Å²) in [5.74, 6) is -0.550. The molecule has 3 heterocycles. The summed E-state index contributed by atoms with van der Waals surface area (Å²) in [5.41, 5.74) is 1.22. The normalized spacial score (nSPS) is 14.6. The lowest BCUT2D eigenvalue weighted by molar-refractivity contribution is -0.672. The Hall–Kier alpha value is -3.02. The van der Waals surface area contributed by atoms with Gasteiger partial charge in [-0.25, -0.2) is 4.73 Å². The van der Waals surface area contributed by atoms with Gasteiger partial charge in [0, 0.05) is 40.3 Å². The van der Waals surface area contributed by atoms with E-state index in [1.54, 1.807) is 37.3 Å². The van der Waals surface area contributed by atoms with E-state index in [9.17, 15) is 15.2 Å². The second-order valence-corrected chi connectivity index (χ2v) is 9.23. The van der Waals surface area contributed by atoms with Crippen LogP contribution >= 0.6 is 11.3 Å². The van der Waals surface area contributed by atoms with Gasteiger partial charge in [0.2, 0.25) is 5.10 Å². The lowest BCUT2D eigenvalue weighted by Gasteiger charge is -2.25. The molecule has 0 spiro atoms. The molecule has 0 unspecified atom stereocenters. The van der Waals surface area contributed by atoms with Crippen LogP contribution in [0.5, 0.6) is 0 Å². The summed E-state index contributed by atoms with van der Waals surface area (Å²) in [4.78, 5) is 16.7. The lowest BCUT2D eigenvalue weighted by atomic mass is 10.1. The number of morpholine rings is 1. The number of carbonyl (C=O) groups excluding carboxylic acids is 1. The van der Waals surface area contributed by atoms with Crippen LogP contribution in [0.25, 0.3) is 21.5 Å². The fourth-order valence-corrected chi connectivity index (χ4v) is 4.65. The Kier molecular flexibility index (Phi) is 7.21. The number of anilines is 1. The number of carbonyl (C=O) groups is 1. The highest BCUT2D eigenvalue weighted by molar-refractivity contribution is 7.15. The summed E-state index contributed by atoms with van der Waals surface area (Å²) < 4.78 is 11.0. The molecule has 0 saturated carbocycles. The largest absolute Gasteiger partial charge is 0.739 e. The van der Waals surface area contributed by atoms with E-state index in [0.717, 1.165) is 43.3 Å². The van der Waals surface area contributed by atoms with Crippen LogP contribution in [-0.4, -0.2) is 54.9 Å². The maximum atomic E-state index is 12.7. The van der Waals surface area contributed by atoms with Crippen LogP contribution in [-0.2, 0) is 20.8 Å². The second-order valence-electron chi connectivity index (χ2n) is 8.06. The van der Waals surface area contributed by atoms with Gasteiger partial charge in [0.25, 0.3) is 5.52 Å². The van der Waals surface area contributed by atoms with Crippen molar-refractivity contribution in [2.24, 2.45) is 0 Å². The maximum Gasteiger partial charge on any atom is 0.460 e. The van der Waals surface area contributed by atoms with Crippen molar-refractivity contribution in [3.05, 3.63) is 45.6 Å².